The van der Waals surface area contributed by atoms with Crippen LogP contribution in [0.4, 0.5) is 0 Å². The third-order valence-corrected chi connectivity index (χ3v) is 7.12. The lowest BCUT2D eigenvalue weighted by molar-refractivity contribution is 0.0664. The van der Waals surface area contributed by atoms with E-state index in [0.717, 1.165) is 29.8 Å². The van der Waals surface area contributed by atoms with Gasteiger partial charge in [-0.2, -0.15) is 0 Å². The smallest absolute Gasteiger partial charge is 0.253 e. The van der Waals surface area contributed by atoms with Crippen molar-refractivity contribution >= 4 is 15.9 Å². The number of carbonyl (C=O) groups is 1. The van der Waals surface area contributed by atoms with Crippen molar-refractivity contribution in [3.8, 4) is 11.1 Å². The van der Waals surface area contributed by atoms with E-state index in [4.69, 9.17) is 0 Å². The highest BCUT2D eigenvalue weighted by Crippen LogP contribution is 2.21. The fraction of sp³-hybridized carbons (Fsp3) is 0.240. The van der Waals surface area contributed by atoms with Crippen LogP contribution in [-0.4, -0.2) is 57.4 Å². The molecule has 3 aromatic carbocycles. The quantitative estimate of drug-likeness (QED) is 0.627. The molecule has 32 heavy (non-hydrogen) atoms. The first-order chi connectivity index (χ1) is 15.4. The Bertz CT molecular complexity index is 1170. The van der Waals surface area contributed by atoms with E-state index in [0.29, 0.717) is 18.7 Å². The van der Waals surface area contributed by atoms with Gasteiger partial charge in [0, 0.05) is 38.3 Å². The van der Waals surface area contributed by atoms with E-state index in [1.807, 2.05) is 48.3 Å². The molecule has 7 heteroatoms. The average molecular weight is 450 g/mol. The topological polar surface area (TPSA) is 69.7 Å². The second-order valence-electron chi connectivity index (χ2n) is 8.01. The summed E-state index contributed by atoms with van der Waals surface area (Å²) in [6.07, 6.45) is 0. The average Bonchev–Trinajstić information content (AvgIpc) is 2.84. The Kier molecular flexibility index (Phi) is 6.69. The van der Waals surface area contributed by atoms with Gasteiger partial charge in [0.2, 0.25) is 10.0 Å². The van der Waals surface area contributed by atoms with Gasteiger partial charge in [0.25, 0.3) is 5.91 Å². The van der Waals surface area contributed by atoms with Crippen LogP contribution in [0.1, 0.15) is 15.9 Å². The van der Waals surface area contributed by atoms with Crippen LogP contribution in [0.3, 0.4) is 0 Å². The molecule has 0 bridgehead atoms. The molecule has 0 spiro atoms. The zero-order valence-corrected chi connectivity index (χ0v) is 18.9. The van der Waals surface area contributed by atoms with Gasteiger partial charge >= 0.3 is 0 Å². The van der Waals surface area contributed by atoms with E-state index >= 15 is 0 Å². The first-order valence-corrected chi connectivity index (χ1v) is 12.1. The molecule has 6 nitrogen and oxygen atoms in total. The van der Waals surface area contributed by atoms with Crippen molar-refractivity contribution in [3.05, 3.63) is 90.0 Å². The van der Waals surface area contributed by atoms with Crippen molar-refractivity contribution in [2.75, 3.05) is 33.2 Å². The summed E-state index contributed by atoms with van der Waals surface area (Å²) in [5.74, 6) is -0.0145. The summed E-state index contributed by atoms with van der Waals surface area (Å²) in [7, 11) is -1.62. The number of nitrogens with zero attached hydrogens (tertiary/aromatic N) is 2. The molecule has 0 atom stereocenters. The minimum atomic E-state index is -3.67. The summed E-state index contributed by atoms with van der Waals surface area (Å²) < 4.78 is 28.2. The van der Waals surface area contributed by atoms with Crippen LogP contribution in [0.5, 0.6) is 0 Å². The molecule has 1 heterocycles. The predicted molar refractivity (Wildman–Crippen MR) is 126 cm³/mol. The minimum absolute atomic E-state index is 0.0145. The number of sulfonamides is 1. The van der Waals surface area contributed by atoms with Crippen molar-refractivity contribution in [2.24, 2.45) is 0 Å². The summed E-state index contributed by atoms with van der Waals surface area (Å²) in [4.78, 5) is 17.0. The molecule has 0 aromatic heterocycles. The zero-order valence-electron chi connectivity index (χ0n) is 18.1. The van der Waals surface area contributed by atoms with Crippen molar-refractivity contribution in [1.29, 1.82) is 0 Å². The van der Waals surface area contributed by atoms with Crippen LogP contribution in [0.15, 0.2) is 83.8 Å². The molecule has 1 N–H and O–H groups in total. The van der Waals surface area contributed by atoms with Gasteiger partial charge in [-0.1, -0.05) is 54.6 Å². The van der Waals surface area contributed by atoms with Gasteiger partial charge in [0.05, 0.1) is 4.90 Å². The van der Waals surface area contributed by atoms with Gasteiger partial charge in [-0.25, -0.2) is 13.1 Å². The summed E-state index contributed by atoms with van der Waals surface area (Å²) in [5.41, 5.74) is 3.32. The van der Waals surface area contributed by atoms with Crippen molar-refractivity contribution in [3.63, 3.8) is 0 Å². The molecule has 3 aromatic rings. The van der Waals surface area contributed by atoms with Crippen molar-refractivity contribution in [2.45, 2.75) is 11.4 Å². The Morgan fingerprint density at radius 2 is 1.50 bits per heavy atom. The number of rotatable bonds is 6. The van der Waals surface area contributed by atoms with Crippen LogP contribution in [0, 0.1) is 0 Å². The summed E-state index contributed by atoms with van der Waals surface area (Å²) >= 11 is 0. The molecule has 1 aliphatic heterocycles. The molecule has 0 unspecified atom stereocenters. The molecule has 1 amide bonds. The molecule has 4 rings (SSSR count). The SMILES string of the molecule is CN1CCN(C(=O)c2cccc(CNS(=O)(=O)c3ccc(-c4ccccc4)cc3)c2)CC1. The molecule has 1 aliphatic rings. The maximum Gasteiger partial charge on any atom is 0.253 e. The molecule has 1 fully saturated rings. The van der Waals surface area contributed by atoms with Gasteiger partial charge in [-0.15, -0.1) is 0 Å². The Labute approximate surface area is 189 Å². The number of likely N-dealkylation sites (N-methyl/N-ethyl adjacent to an activating group) is 1. The largest absolute Gasteiger partial charge is 0.336 e. The van der Waals surface area contributed by atoms with Gasteiger partial charge in [0.15, 0.2) is 0 Å². The van der Waals surface area contributed by atoms with Gasteiger partial charge < -0.3 is 9.80 Å². The zero-order chi connectivity index (χ0) is 22.6. The first-order valence-electron chi connectivity index (χ1n) is 10.6. The highest BCUT2D eigenvalue weighted by atomic mass is 32.2. The molecule has 166 valence electrons. The lowest BCUT2D eigenvalue weighted by atomic mass is 10.1. The molecule has 1 saturated heterocycles. The van der Waals surface area contributed by atoms with Crippen LogP contribution < -0.4 is 4.72 Å². The van der Waals surface area contributed by atoms with E-state index in [-0.39, 0.29) is 17.3 Å². The maximum atomic E-state index is 12.8. The lowest BCUT2D eigenvalue weighted by Crippen LogP contribution is -2.47. The van der Waals surface area contributed by atoms with E-state index < -0.39 is 10.0 Å². The van der Waals surface area contributed by atoms with Crippen molar-refractivity contribution < 1.29 is 13.2 Å². The molecule has 0 aliphatic carbocycles. The Morgan fingerprint density at radius 3 is 2.19 bits per heavy atom. The Morgan fingerprint density at radius 1 is 0.844 bits per heavy atom. The van der Waals surface area contributed by atoms with Crippen LogP contribution in [0.2, 0.25) is 0 Å². The highest BCUT2D eigenvalue weighted by Gasteiger charge is 2.21. The number of benzene rings is 3. The second kappa shape index (κ2) is 9.65. The molecule has 0 radical (unpaired) electrons. The van der Waals surface area contributed by atoms with Crippen LogP contribution in [-0.2, 0) is 16.6 Å². The van der Waals surface area contributed by atoms with Crippen LogP contribution in [0.25, 0.3) is 11.1 Å². The number of piperazine rings is 1. The normalized spacial score (nSPS) is 15.0. The molecular formula is C25H27N3O3S. The van der Waals surface area contributed by atoms with Gasteiger partial charge in [-0.3, -0.25) is 4.79 Å². The van der Waals surface area contributed by atoms with Gasteiger partial charge in [0.1, 0.15) is 0 Å². The number of hydrogen-bond donors (Lipinski definition) is 1. The monoisotopic (exact) mass is 449 g/mol. The van der Waals surface area contributed by atoms with Crippen molar-refractivity contribution in [1.82, 2.24) is 14.5 Å². The number of amides is 1. The third-order valence-electron chi connectivity index (χ3n) is 5.70. The van der Waals surface area contributed by atoms with Gasteiger partial charge in [-0.05, 0) is 48.0 Å². The Hall–Kier alpha value is -3.00. The van der Waals surface area contributed by atoms with E-state index in [1.165, 1.54) is 0 Å². The fourth-order valence-electron chi connectivity index (χ4n) is 3.73. The summed E-state index contributed by atoms with van der Waals surface area (Å²) in [6, 6.07) is 23.8. The number of hydrogen-bond acceptors (Lipinski definition) is 4. The van der Waals surface area contributed by atoms with E-state index in [1.54, 1.807) is 42.5 Å². The number of carbonyl (C=O) groups excluding carboxylic acids is 1. The highest BCUT2D eigenvalue weighted by molar-refractivity contribution is 7.89. The predicted octanol–water partition coefficient (Wildman–Crippen LogP) is 3.22. The Balaban J connectivity index is 1.41. The van der Waals surface area contributed by atoms with Crippen LogP contribution >= 0.6 is 0 Å². The third kappa shape index (κ3) is 5.24. The minimum Gasteiger partial charge on any atom is -0.336 e. The lowest BCUT2D eigenvalue weighted by Gasteiger charge is -2.32. The number of nitrogens with one attached hydrogen (secondary N) is 1. The fourth-order valence-corrected chi connectivity index (χ4v) is 4.74. The van der Waals surface area contributed by atoms with E-state index in [2.05, 4.69) is 9.62 Å². The summed E-state index contributed by atoms with van der Waals surface area (Å²) in [6.45, 7) is 3.23. The van der Waals surface area contributed by atoms with E-state index in [9.17, 15) is 13.2 Å². The molecule has 0 saturated carbocycles. The first kappa shape index (κ1) is 22.2. The molecular weight excluding hydrogens is 422 g/mol. The standard InChI is InChI=1S/C25H27N3O3S/c1-27-14-16-28(17-15-27)25(29)23-9-5-6-20(18-23)19-26-32(30,31)24-12-10-22(11-13-24)21-7-3-2-4-8-21/h2-13,18,26H,14-17,19H2,1H3. The second-order valence-corrected chi connectivity index (χ2v) is 9.78. The maximum absolute atomic E-state index is 12.8. The summed E-state index contributed by atoms with van der Waals surface area (Å²) in [5, 5.41) is 0.